The second-order valence-electron chi connectivity index (χ2n) is 6.54. The van der Waals surface area contributed by atoms with E-state index in [0.29, 0.717) is 23.6 Å². The van der Waals surface area contributed by atoms with Crippen LogP contribution in [0, 0.1) is 20.8 Å². The molecule has 0 spiro atoms. The zero-order chi connectivity index (χ0) is 20.1. The third kappa shape index (κ3) is 4.52. The van der Waals surface area contributed by atoms with Crippen LogP contribution in [0.1, 0.15) is 39.9 Å². The molecule has 0 atom stereocenters. The topological polar surface area (TPSA) is 73.6 Å². The quantitative estimate of drug-likeness (QED) is 0.635. The minimum absolute atomic E-state index is 0.200. The fraction of sp³-hybridized carbons (Fsp3) is 0.273. The van der Waals surface area contributed by atoms with Crippen molar-refractivity contribution in [3.63, 3.8) is 0 Å². The maximum atomic E-state index is 12.7. The van der Waals surface area contributed by atoms with Crippen molar-refractivity contribution in [2.75, 3.05) is 11.9 Å². The van der Waals surface area contributed by atoms with Crippen molar-refractivity contribution >= 4 is 11.6 Å². The lowest BCUT2D eigenvalue weighted by atomic mass is 10.1. The van der Waals surface area contributed by atoms with Gasteiger partial charge in [-0.2, -0.15) is 0 Å². The lowest BCUT2D eigenvalue weighted by Gasteiger charge is -2.10. The molecule has 1 amide bonds. The van der Waals surface area contributed by atoms with Gasteiger partial charge in [-0.15, -0.1) is 0 Å². The number of hydrogen-bond acceptors (Lipinski definition) is 5. The lowest BCUT2D eigenvalue weighted by Crippen LogP contribution is -2.15. The van der Waals surface area contributed by atoms with Crippen molar-refractivity contribution in [1.29, 1.82) is 0 Å². The summed E-state index contributed by atoms with van der Waals surface area (Å²) in [5, 5.41) is 6.75. The summed E-state index contributed by atoms with van der Waals surface area (Å²) in [5.74, 6) is 1.74. The number of ether oxygens (including phenoxy) is 2. The number of carbonyl (C=O) groups excluding carboxylic acids is 1. The Morgan fingerprint density at radius 3 is 2.54 bits per heavy atom. The van der Waals surface area contributed by atoms with Crippen molar-refractivity contribution < 1.29 is 18.8 Å². The number of amides is 1. The Morgan fingerprint density at radius 1 is 1.07 bits per heavy atom. The van der Waals surface area contributed by atoms with E-state index >= 15 is 0 Å². The number of nitrogens with zero attached hydrogens (tertiary/aromatic N) is 1. The number of anilines is 1. The van der Waals surface area contributed by atoms with Gasteiger partial charge in [-0.3, -0.25) is 4.79 Å². The molecule has 0 bridgehead atoms. The number of hydrogen-bond donors (Lipinski definition) is 1. The van der Waals surface area contributed by atoms with Crippen molar-refractivity contribution in [1.82, 2.24) is 5.16 Å². The van der Waals surface area contributed by atoms with Gasteiger partial charge in [-0.25, -0.2) is 0 Å². The van der Waals surface area contributed by atoms with E-state index in [2.05, 4.69) is 10.5 Å². The summed E-state index contributed by atoms with van der Waals surface area (Å²) >= 11 is 0. The van der Waals surface area contributed by atoms with Gasteiger partial charge in [-0.1, -0.05) is 17.3 Å². The highest BCUT2D eigenvalue weighted by atomic mass is 16.5. The van der Waals surface area contributed by atoms with Crippen LogP contribution in [-0.4, -0.2) is 17.7 Å². The van der Waals surface area contributed by atoms with E-state index < -0.39 is 0 Å². The molecule has 1 aromatic heterocycles. The van der Waals surface area contributed by atoms with Gasteiger partial charge in [-0.05, 0) is 69.2 Å². The minimum atomic E-state index is -0.347. The highest BCUT2D eigenvalue weighted by molar-refractivity contribution is 6.03. The van der Waals surface area contributed by atoms with E-state index in [1.807, 2.05) is 39.0 Å². The van der Waals surface area contributed by atoms with Crippen LogP contribution in [0.5, 0.6) is 11.5 Å². The molecule has 0 aliphatic heterocycles. The molecule has 6 heteroatoms. The summed E-state index contributed by atoms with van der Waals surface area (Å²) < 4.78 is 16.6. The van der Waals surface area contributed by atoms with Gasteiger partial charge in [0.15, 0.2) is 5.69 Å². The average Bonchev–Trinajstić information content (AvgIpc) is 3.05. The van der Waals surface area contributed by atoms with E-state index in [0.717, 1.165) is 22.6 Å². The van der Waals surface area contributed by atoms with Crippen molar-refractivity contribution in [3.05, 3.63) is 70.6 Å². The third-order valence-corrected chi connectivity index (χ3v) is 4.34. The van der Waals surface area contributed by atoms with Crippen LogP contribution in [0.2, 0.25) is 0 Å². The number of rotatable bonds is 7. The minimum Gasteiger partial charge on any atom is -0.494 e. The molecule has 3 aromatic rings. The maximum absolute atomic E-state index is 12.7. The van der Waals surface area contributed by atoms with Crippen LogP contribution < -0.4 is 14.8 Å². The van der Waals surface area contributed by atoms with E-state index in [1.54, 1.807) is 31.2 Å². The Kier molecular flexibility index (Phi) is 5.99. The molecule has 0 aliphatic carbocycles. The largest absolute Gasteiger partial charge is 0.494 e. The molecular formula is C22H24N2O4. The first-order chi connectivity index (χ1) is 13.5. The lowest BCUT2D eigenvalue weighted by molar-refractivity contribution is 0.101. The Bertz CT molecular complexity index is 961. The molecule has 3 rings (SSSR count). The summed E-state index contributed by atoms with van der Waals surface area (Å²) in [6.45, 7) is 8.47. The van der Waals surface area contributed by atoms with Crippen molar-refractivity contribution in [2.24, 2.45) is 0 Å². The van der Waals surface area contributed by atoms with E-state index in [-0.39, 0.29) is 18.2 Å². The normalized spacial score (nSPS) is 10.6. The summed E-state index contributed by atoms with van der Waals surface area (Å²) in [6, 6.07) is 13.2. The van der Waals surface area contributed by atoms with Crippen molar-refractivity contribution in [2.45, 2.75) is 34.3 Å². The molecule has 0 fully saturated rings. The first-order valence-corrected chi connectivity index (χ1v) is 9.17. The SMILES string of the molecule is CCOc1ccc(NC(=O)c2noc(C)c2COc2cc(C)ccc2C)cc1. The predicted molar refractivity (Wildman–Crippen MR) is 107 cm³/mol. The van der Waals surface area contributed by atoms with Crippen LogP contribution in [0.25, 0.3) is 0 Å². The Hall–Kier alpha value is -3.28. The summed E-state index contributed by atoms with van der Waals surface area (Å²) in [6.07, 6.45) is 0. The molecule has 0 saturated heterocycles. The molecule has 2 aromatic carbocycles. The maximum Gasteiger partial charge on any atom is 0.278 e. The fourth-order valence-electron chi connectivity index (χ4n) is 2.74. The third-order valence-electron chi connectivity index (χ3n) is 4.34. The van der Waals surface area contributed by atoms with Crippen molar-refractivity contribution in [3.8, 4) is 11.5 Å². The summed E-state index contributed by atoms with van der Waals surface area (Å²) in [5.41, 5.74) is 3.63. The second kappa shape index (κ2) is 8.61. The highest BCUT2D eigenvalue weighted by Gasteiger charge is 2.21. The van der Waals surface area contributed by atoms with Crippen LogP contribution in [-0.2, 0) is 6.61 Å². The molecule has 0 saturated carbocycles. The molecule has 1 N–H and O–H groups in total. The van der Waals surface area contributed by atoms with Crippen LogP contribution in [0.15, 0.2) is 47.0 Å². The van der Waals surface area contributed by atoms with Gasteiger partial charge in [0.05, 0.1) is 12.2 Å². The molecular weight excluding hydrogens is 356 g/mol. The molecule has 0 aliphatic rings. The Morgan fingerprint density at radius 2 is 1.82 bits per heavy atom. The number of nitrogens with one attached hydrogen (secondary N) is 1. The Labute approximate surface area is 164 Å². The summed E-state index contributed by atoms with van der Waals surface area (Å²) in [4.78, 5) is 12.7. The van der Waals surface area contributed by atoms with Crippen LogP contribution in [0.4, 0.5) is 5.69 Å². The van der Waals surface area contributed by atoms with Gasteiger partial charge in [0.25, 0.3) is 5.91 Å². The number of aryl methyl sites for hydroxylation is 3. The second-order valence-corrected chi connectivity index (χ2v) is 6.54. The van der Waals surface area contributed by atoms with Crippen LogP contribution in [0.3, 0.4) is 0 Å². The van der Waals surface area contributed by atoms with Gasteiger partial charge in [0, 0.05) is 5.69 Å². The molecule has 0 unspecified atom stereocenters. The smallest absolute Gasteiger partial charge is 0.278 e. The summed E-state index contributed by atoms with van der Waals surface area (Å²) in [7, 11) is 0. The highest BCUT2D eigenvalue weighted by Crippen LogP contribution is 2.23. The first kappa shape index (κ1) is 19.5. The standard InChI is InChI=1S/C22H24N2O4/c1-5-26-18-10-8-17(9-11-18)23-22(25)21-19(16(4)28-24-21)13-27-20-12-14(2)6-7-15(20)3/h6-12H,5,13H2,1-4H3,(H,23,25). The molecule has 146 valence electrons. The van der Waals surface area contributed by atoms with Gasteiger partial charge < -0.3 is 19.3 Å². The number of aromatic nitrogens is 1. The predicted octanol–water partition coefficient (Wildman–Crippen LogP) is 4.83. The number of benzene rings is 2. The molecule has 28 heavy (non-hydrogen) atoms. The monoisotopic (exact) mass is 380 g/mol. The zero-order valence-electron chi connectivity index (χ0n) is 16.5. The number of carbonyl (C=O) groups is 1. The Balaban J connectivity index is 1.72. The van der Waals surface area contributed by atoms with Crippen LogP contribution >= 0.6 is 0 Å². The van der Waals surface area contributed by atoms with Gasteiger partial charge in [0.2, 0.25) is 0 Å². The van der Waals surface area contributed by atoms with E-state index in [9.17, 15) is 4.79 Å². The van der Waals surface area contributed by atoms with Gasteiger partial charge >= 0.3 is 0 Å². The molecule has 6 nitrogen and oxygen atoms in total. The molecule has 0 radical (unpaired) electrons. The first-order valence-electron chi connectivity index (χ1n) is 9.17. The van der Waals surface area contributed by atoms with Gasteiger partial charge in [0.1, 0.15) is 23.9 Å². The van der Waals surface area contributed by atoms with E-state index in [4.69, 9.17) is 14.0 Å². The zero-order valence-corrected chi connectivity index (χ0v) is 16.5. The van der Waals surface area contributed by atoms with E-state index in [1.165, 1.54) is 0 Å². The molecule has 1 heterocycles. The fourth-order valence-corrected chi connectivity index (χ4v) is 2.74. The average molecular weight is 380 g/mol.